The van der Waals surface area contributed by atoms with E-state index < -0.39 is 25.9 Å². The maximum absolute atomic E-state index is 13.1. The lowest BCUT2D eigenvalue weighted by Gasteiger charge is -2.10. The Morgan fingerprint density at radius 2 is 1.15 bits per heavy atom. The highest BCUT2D eigenvalue weighted by Gasteiger charge is 2.21. The van der Waals surface area contributed by atoms with E-state index in [1.807, 2.05) is 43.3 Å². The predicted molar refractivity (Wildman–Crippen MR) is 190 cm³/mol. The highest BCUT2D eigenvalue weighted by Crippen LogP contribution is 2.33. The first-order valence-corrected chi connectivity index (χ1v) is 16.2. The first-order chi connectivity index (χ1) is 26.1. The summed E-state index contributed by atoms with van der Waals surface area (Å²) in [7, 11) is 0. The van der Waals surface area contributed by atoms with Crippen molar-refractivity contribution in [2.45, 2.75) is 32.9 Å². The van der Waals surface area contributed by atoms with Crippen LogP contribution in [0.25, 0.3) is 56.6 Å². The van der Waals surface area contributed by atoms with Crippen LogP contribution in [-0.2, 0) is 13.1 Å². The molecule has 0 radical (unpaired) electrons. The number of anilines is 1. The molecule has 13 nitrogen and oxygen atoms in total. The van der Waals surface area contributed by atoms with Crippen LogP contribution in [0.4, 0.5) is 23.2 Å². The molecule has 268 valence electrons. The van der Waals surface area contributed by atoms with Gasteiger partial charge in [-0.05, 0) is 43.3 Å². The molecule has 0 atom stereocenters. The molecule has 0 bridgehead atoms. The first kappa shape index (κ1) is 35.0. The number of hydrogen-bond acceptors (Lipinski definition) is 9. The summed E-state index contributed by atoms with van der Waals surface area (Å²) in [5, 5.41) is 27.3. The summed E-state index contributed by atoms with van der Waals surface area (Å²) >= 11 is 0. The van der Waals surface area contributed by atoms with Crippen LogP contribution in [0.2, 0.25) is 0 Å². The molecule has 17 heteroatoms. The quantitative estimate of drug-likeness (QED) is 0.132. The predicted octanol–water partition coefficient (Wildman–Crippen LogP) is 6.68. The fourth-order valence-corrected chi connectivity index (χ4v) is 5.85. The molecule has 6 aromatic heterocycles. The third kappa shape index (κ3) is 6.93. The average molecular weight is 730 g/mol. The van der Waals surface area contributed by atoms with Crippen molar-refractivity contribution in [2.75, 3.05) is 5.73 Å². The zero-order valence-corrected chi connectivity index (χ0v) is 28.3. The SMILES string of the molecule is Cc1ccc(-c2ncn(CC(F)F)c2-c2ccc3ncc(C#N)n3n2)cc1.N#Cc1cnc2ccc(-c3c(-c4cccc(N)c4)ncn3CC(F)F)nn12. The van der Waals surface area contributed by atoms with Gasteiger partial charge >= 0.3 is 0 Å². The van der Waals surface area contributed by atoms with E-state index in [-0.39, 0.29) is 11.4 Å². The standard InChI is InChI=1S/C19H14F2N6.C18H13F2N7/c1-12-2-4-13(5-3-12)18-19(26(11-24-18)10-16(20)21)15-6-7-17-23-9-14(8-22)27(17)25-15;19-15(20)9-26-10-24-17(11-2-1-3-12(22)6-11)18(26)14-4-5-16-23-8-13(7-21)27(16)25-14/h2-7,9,11,16H,10H2,1H3;1-6,8,10,15H,9,22H2. The third-order valence-electron chi connectivity index (χ3n) is 8.27. The van der Waals surface area contributed by atoms with Crippen LogP contribution in [0.3, 0.4) is 0 Å². The minimum absolute atomic E-state index is 0.247. The summed E-state index contributed by atoms with van der Waals surface area (Å²) < 4.78 is 57.8. The van der Waals surface area contributed by atoms with Crippen LogP contribution in [0, 0.1) is 29.6 Å². The van der Waals surface area contributed by atoms with Gasteiger partial charge in [0, 0.05) is 16.8 Å². The molecule has 0 aliphatic rings. The summed E-state index contributed by atoms with van der Waals surface area (Å²) in [4.78, 5) is 16.9. The molecule has 8 rings (SSSR count). The monoisotopic (exact) mass is 729 g/mol. The van der Waals surface area contributed by atoms with Crippen molar-refractivity contribution in [3.8, 4) is 57.4 Å². The van der Waals surface area contributed by atoms with E-state index in [1.165, 1.54) is 43.2 Å². The molecule has 2 aromatic carbocycles. The van der Waals surface area contributed by atoms with Gasteiger partial charge in [0.25, 0.3) is 12.9 Å². The zero-order chi connectivity index (χ0) is 37.9. The Balaban J connectivity index is 0.000000167. The van der Waals surface area contributed by atoms with Crippen LogP contribution in [-0.4, -0.2) is 61.1 Å². The number of nitrogens with zero attached hydrogens (tertiary/aromatic N) is 12. The molecule has 54 heavy (non-hydrogen) atoms. The number of aryl methyl sites for hydroxylation is 1. The molecule has 0 saturated heterocycles. The summed E-state index contributed by atoms with van der Waals surface area (Å²) in [6.07, 6.45) is 0.478. The molecule has 0 fully saturated rings. The Kier molecular flexibility index (Phi) is 9.52. The zero-order valence-electron chi connectivity index (χ0n) is 28.3. The molecule has 0 spiro atoms. The van der Waals surface area contributed by atoms with Crippen molar-refractivity contribution in [1.29, 1.82) is 10.5 Å². The van der Waals surface area contributed by atoms with Gasteiger partial charge in [-0.1, -0.05) is 42.0 Å². The lowest BCUT2D eigenvalue weighted by atomic mass is 10.1. The summed E-state index contributed by atoms with van der Waals surface area (Å²) in [6.45, 7) is 0.945. The average Bonchev–Trinajstić information content (AvgIpc) is 3.96. The topological polar surface area (TPSA) is 170 Å². The minimum atomic E-state index is -2.56. The van der Waals surface area contributed by atoms with Crippen molar-refractivity contribution in [3.05, 3.63) is 115 Å². The summed E-state index contributed by atoms with van der Waals surface area (Å²) in [5.41, 5.74) is 13.2. The molecule has 0 saturated carbocycles. The second-order valence-corrected chi connectivity index (χ2v) is 11.9. The van der Waals surface area contributed by atoms with Gasteiger partial charge in [0.2, 0.25) is 0 Å². The number of hydrogen-bond donors (Lipinski definition) is 1. The maximum Gasteiger partial charge on any atom is 0.256 e. The van der Waals surface area contributed by atoms with Crippen LogP contribution >= 0.6 is 0 Å². The van der Waals surface area contributed by atoms with E-state index in [4.69, 9.17) is 5.73 Å². The second-order valence-electron chi connectivity index (χ2n) is 11.9. The van der Waals surface area contributed by atoms with E-state index in [0.29, 0.717) is 56.7 Å². The van der Waals surface area contributed by atoms with Gasteiger partial charge in [-0.2, -0.15) is 20.7 Å². The van der Waals surface area contributed by atoms with Crippen molar-refractivity contribution in [2.24, 2.45) is 0 Å². The number of nitrogens with two attached hydrogens (primary N) is 1. The highest BCUT2D eigenvalue weighted by molar-refractivity contribution is 5.79. The van der Waals surface area contributed by atoms with Gasteiger partial charge in [-0.3, -0.25) is 0 Å². The largest absolute Gasteiger partial charge is 0.399 e. The number of nitrogen functional groups attached to an aromatic ring is 1. The molecular formula is C37H27F4N13. The van der Waals surface area contributed by atoms with E-state index in [0.717, 1.165) is 11.1 Å². The van der Waals surface area contributed by atoms with Crippen LogP contribution in [0.5, 0.6) is 0 Å². The number of nitriles is 2. The molecule has 0 aliphatic carbocycles. The van der Waals surface area contributed by atoms with Crippen molar-refractivity contribution >= 4 is 17.0 Å². The highest BCUT2D eigenvalue weighted by atomic mass is 19.3. The van der Waals surface area contributed by atoms with E-state index in [2.05, 4.69) is 30.1 Å². The summed E-state index contributed by atoms with van der Waals surface area (Å²) in [5.74, 6) is 0. The number of imidazole rings is 4. The van der Waals surface area contributed by atoms with E-state index in [1.54, 1.807) is 48.5 Å². The molecule has 0 unspecified atom stereocenters. The van der Waals surface area contributed by atoms with Gasteiger partial charge in [-0.25, -0.2) is 46.5 Å². The van der Waals surface area contributed by atoms with Crippen molar-refractivity contribution in [3.63, 3.8) is 0 Å². The fraction of sp³-hybridized carbons (Fsp3) is 0.135. The third-order valence-corrected chi connectivity index (χ3v) is 8.27. The van der Waals surface area contributed by atoms with Gasteiger partial charge in [0.05, 0.1) is 60.9 Å². The number of halogens is 4. The Morgan fingerprint density at radius 1 is 0.648 bits per heavy atom. The normalized spacial score (nSPS) is 11.2. The molecule has 2 N–H and O–H groups in total. The number of benzene rings is 2. The van der Waals surface area contributed by atoms with Crippen molar-refractivity contribution in [1.82, 2.24) is 48.3 Å². The minimum Gasteiger partial charge on any atom is -0.399 e. The Bertz CT molecular complexity index is 2690. The van der Waals surface area contributed by atoms with Gasteiger partial charge in [0.1, 0.15) is 23.5 Å². The smallest absolute Gasteiger partial charge is 0.256 e. The van der Waals surface area contributed by atoms with Gasteiger partial charge in [0.15, 0.2) is 22.7 Å². The fourth-order valence-electron chi connectivity index (χ4n) is 5.85. The lowest BCUT2D eigenvalue weighted by Crippen LogP contribution is -2.08. The Morgan fingerprint density at radius 3 is 1.61 bits per heavy atom. The van der Waals surface area contributed by atoms with Crippen LogP contribution < -0.4 is 5.73 Å². The van der Waals surface area contributed by atoms with Crippen molar-refractivity contribution < 1.29 is 17.6 Å². The molecule has 8 aromatic rings. The van der Waals surface area contributed by atoms with Crippen LogP contribution in [0.15, 0.2) is 97.8 Å². The second kappa shape index (κ2) is 14.7. The first-order valence-electron chi connectivity index (χ1n) is 16.2. The Labute approximate surface area is 303 Å². The number of alkyl halides is 4. The maximum atomic E-state index is 13.1. The number of fused-ring (bicyclic) bond motifs is 2. The molecule has 6 heterocycles. The van der Waals surface area contributed by atoms with Gasteiger partial charge in [-0.15, -0.1) is 0 Å². The van der Waals surface area contributed by atoms with Gasteiger partial charge < -0.3 is 14.9 Å². The number of rotatable bonds is 8. The number of aromatic nitrogens is 10. The lowest BCUT2D eigenvalue weighted by molar-refractivity contribution is 0.126. The Hall–Kier alpha value is -7.40. The summed E-state index contributed by atoms with van der Waals surface area (Å²) in [6, 6.07) is 25.4. The molecule has 0 aliphatic heterocycles. The van der Waals surface area contributed by atoms with E-state index in [9.17, 15) is 28.1 Å². The van der Waals surface area contributed by atoms with E-state index >= 15 is 0 Å². The van der Waals surface area contributed by atoms with Crippen LogP contribution in [0.1, 0.15) is 17.0 Å². The molecule has 0 amide bonds. The molecular weight excluding hydrogens is 702 g/mol.